The molecule has 0 amide bonds. The molecule has 88 valence electrons. The van der Waals surface area contributed by atoms with Gasteiger partial charge in [0.15, 0.2) is 0 Å². The van der Waals surface area contributed by atoms with Gasteiger partial charge >= 0.3 is 0 Å². The van der Waals surface area contributed by atoms with Crippen LogP contribution in [0.2, 0.25) is 0 Å². The molecule has 0 aliphatic carbocycles. The smallest absolute Gasteiger partial charge is 0.205 e. The van der Waals surface area contributed by atoms with Gasteiger partial charge in [0, 0.05) is 23.8 Å². The van der Waals surface area contributed by atoms with Gasteiger partial charge in [0.25, 0.3) is 0 Å². The Bertz CT molecular complexity index is 492. The first-order chi connectivity index (χ1) is 8.27. The van der Waals surface area contributed by atoms with Crippen LogP contribution >= 0.6 is 15.9 Å². The number of nitrogens with zero attached hydrogens (tertiary/aromatic N) is 3. The first kappa shape index (κ1) is 10.8. The van der Waals surface area contributed by atoms with Crippen molar-refractivity contribution in [3.05, 3.63) is 40.8 Å². The summed E-state index contributed by atoms with van der Waals surface area (Å²) >= 11 is 3.39. The van der Waals surface area contributed by atoms with Gasteiger partial charge in [0.1, 0.15) is 5.82 Å². The molecule has 0 unspecified atom stereocenters. The van der Waals surface area contributed by atoms with Crippen LogP contribution in [-0.4, -0.2) is 30.5 Å². The van der Waals surface area contributed by atoms with Gasteiger partial charge in [-0.2, -0.15) is 0 Å². The van der Waals surface area contributed by atoms with Crippen LogP contribution < -0.4 is 4.90 Å². The van der Waals surface area contributed by atoms with Gasteiger partial charge in [-0.15, -0.1) is 0 Å². The second-order valence-corrected chi connectivity index (χ2v) is 4.81. The third-order valence-electron chi connectivity index (χ3n) is 2.88. The maximum Gasteiger partial charge on any atom is 0.205 e. The molecule has 3 nitrogen and oxygen atoms in total. The van der Waals surface area contributed by atoms with E-state index in [0.29, 0.717) is 5.69 Å². The van der Waals surface area contributed by atoms with E-state index in [9.17, 15) is 4.39 Å². The zero-order chi connectivity index (χ0) is 11.8. The van der Waals surface area contributed by atoms with Gasteiger partial charge in [-0.1, -0.05) is 6.07 Å². The molecule has 0 radical (unpaired) electrons. The Hall–Kier alpha value is -1.36. The second kappa shape index (κ2) is 4.14. The van der Waals surface area contributed by atoms with Gasteiger partial charge in [0.2, 0.25) is 5.96 Å². The van der Waals surface area contributed by atoms with E-state index in [-0.39, 0.29) is 5.82 Å². The number of hydrogen-bond donors (Lipinski definition) is 0. The number of rotatable bonds is 1. The summed E-state index contributed by atoms with van der Waals surface area (Å²) in [7, 11) is 0. The van der Waals surface area contributed by atoms with Crippen LogP contribution in [0.4, 0.5) is 10.1 Å². The standard InChI is InChI=1S/C12H11BrFN3/c13-9-3-1-4-10(14)11(9)17-7-2-6-16-8-5-15-12(16)17/h1-4,7H,5-6,8H2. The predicted octanol–water partition coefficient (Wildman–Crippen LogP) is 2.59. The minimum Gasteiger partial charge on any atom is -0.337 e. The van der Waals surface area contributed by atoms with E-state index >= 15 is 0 Å². The van der Waals surface area contributed by atoms with Crippen molar-refractivity contribution in [3.8, 4) is 0 Å². The molecule has 1 aromatic rings. The summed E-state index contributed by atoms with van der Waals surface area (Å²) in [5.74, 6) is 0.582. The molecule has 0 spiro atoms. The van der Waals surface area contributed by atoms with Gasteiger partial charge in [-0.25, -0.2) is 4.39 Å². The number of aliphatic imine (C=N–C) groups is 1. The Morgan fingerprint density at radius 2 is 2.24 bits per heavy atom. The molecule has 3 rings (SSSR count). The van der Waals surface area contributed by atoms with Crippen molar-refractivity contribution in [2.75, 3.05) is 24.5 Å². The predicted molar refractivity (Wildman–Crippen MR) is 69.6 cm³/mol. The Balaban J connectivity index is 2.09. The second-order valence-electron chi connectivity index (χ2n) is 3.95. The molecule has 0 saturated carbocycles. The quantitative estimate of drug-likeness (QED) is 0.793. The van der Waals surface area contributed by atoms with Crippen molar-refractivity contribution in [2.24, 2.45) is 4.99 Å². The van der Waals surface area contributed by atoms with E-state index in [0.717, 1.165) is 30.1 Å². The summed E-state index contributed by atoms with van der Waals surface area (Å²) in [6.45, 7) is 2.53. The minimum absolute atomic E-state index is 0.250. The molecule has 0 aromatic heterocycles. The highest BCUT2D eigenvalue weighted by molar-refractivity contribution is 9.10. The van der Waals surface area contributed by atoms with Crippen molar-refractivity contribution in [1.82, 2.24) is 4.90 Å². The van der Waals surface area contributed by atoms with E-state index in [1.165, 1.54) is 6.07 Å². The lowest BCUT2D eigenvalue weighted by Crippen LogP contribution is -2.42. The van der Waals surface area contributed by atoms with E-state index in [1.54, 1.807) is 11.0 Å². The third-order valence-corrected chi connectivity index (χ3v) is 3.52. The molecule has 0 fully saturated rings. The number of guanidine groups is 1. The van der Waals surface area contributed by atoms with Gasteiger partial charge in [-0.3, -0.25) is 9.89 Å². The number of benzene rings is 1. The summed E-state index contributed by atoms with van der Waals surface area (Å²) < 4.78 is 14.6. The zero-order valence-corrected chi connectivity index (χ0v) is 10.7. The first-order valence-corrected chi connectivity index (χ1v) is 6.26. The SMILES string of the molecule is Fc1cccc(Br)c1N1C=CCN2CCN=C21. The number of halogens is 2. The Kier molecular flexibility index (Phi) is 2.63. The highest BCUT2D eigenvalue weighted by atomic mass is 79.9. The highest BCUT2D eigenvalue weighted by Crippen LogP contribution is 2.31. The lowest BCUT2D eigenvalue weighted by Gasteiger charge is -2.32. The van der Waals surface area contributed by atoms with Crippen LogP contribution in [0, 0.1) is 5.82 Å². The van der Waals surface area contributed by atoms with Crippen molar-refractivity contribution >= 4 is 27.6 Å². The molecule has 1 aromatic carbocycles. The Morgan fingerprint density at radius 1 is 1.35 bits per heavy atom. The van der Waals surface area contributed by atoms with E-state index in [4.69, 9.17) is 0 Å². The molecule has 0 atom stereocenters. The van der Waals surface area contributed by atoms with Crippen LogP contribution in [0.1, 0.15) is 0 Å². The van der Waals surface area contributed by atoms with Gasteiger partial charge in [-0.05, 0) is 34.1 Å². The Labute approximate surface area is 107 Å². The van der Waals surface area contributed by atoms with Crippen molar-refractivity contribution < 1.29 is 4.39 Å². The number of para-hydroxylation sites is 1. The van der Waals surface area contributed by atoms with Crippen LogP contribution in [0.5, 0.6) is 0 Å². The van der Waals surface area contributed by atoms with Crippen LogP contribution in [0.15, 0.2) is 39.9 Å². The summed E-state index contributed by atoms with van der Waals surface area (Å²) in [5, 5.41) is 0. The maximum absolute atomic E-state index is 13.9. The van der Waals surface area contributed by atoms with Gasteiger partial charge in [0.05, 0.1) is 12.2 Å². The van der Waals surface area contributed by atoms with Crippen LogP contribution in [0.3, 0.4) is 0 Å². The molecule has 2 heterocycles. The molecular weight excluding hydrogens is 285 g/mol. The fraction of sp³-hybridized carbons (Fsp3) is 0.250. The zero-order valence-electron chi connectivity index (χ0n) is 9.11. The normalized spacial score (nSPS) is 18.4. The largest absolute Gasteiger partial charge is 0.337 e. The van der Waals surface area contributed by atoms with E-state index in [2.05, 4.69) is 25.8 Å². The summed E-state index contributed by atoms with van der Waals surface area (Å²) in [6.07, 6.45) is 3.90. The molecular formula is C12H11BrFN3. The molecule has 2 aliphatic heterocycles. The molecule has 2 aliphatic rings. The molecule has 0 N–H and O–H groups in total. The average molecular weight is 296 g/mol. The van der Waals surface area contributed by atoms with Crippen LogP contribution in [0.25, 0.3) is 0 Å². The summed E-state index contributed by atoms with van der Waals surface area (Å²) in [5.41, 5.74) is 0.522. The summed E-state index contributed by atoms with van der Waals surface area (Å²) in [4.78, 5) is 8.37. The molecule has 0 bridgehead atoms. The van der Waals surface area contributed by atoms with E-state index < -0.39 is 0 Å². The van der Waals surface area contributed by atoms with Crippen molar-refractivity contribution in [2.45, 2.75) is 0 Å². The monoisotopic (exact) mass is 295 g/mol. The number of hydrogen-bond acceptors (Lipinski definition) is 3. The van der Waals surface area contributed by atoms with Crippen molar-refractivity contribution in [3.63, 3.8) is 0 Å². The van der Waals surface area contributed by atoms with E-state index in [1.807, 2.05) is 18.3 Å². The fourth-order valence-corrected chi connectivity index (χ4v) is 2.65. The topological polar surface area (TPSA) is 18.8 Å². The van der Waals surface area contributed by atoms with Crippen molar-refractivity contribution in [1.29, 1.82) is 0 Å². The van der Waals surface area contributed by atoms with Crippen LogP contribution in [-0.2, 0) is 0 Å². The fourth-order valence-electron chi connectivity index (χ4n) is 2.11. The number of anilines is 1. The lowest BCUT2D eigenvalue weighted by molar-refractivity contribution is 0.492. The third kappa shape index (κ3) is 1.74. The first-order valence-electron chi connectivity index (χ1n) is 5.46. The average Bonchev–Trinajstić information content (AvgIpc) is 2.77. The Morgan fingerprint density at radius 3 is 3.06 bits per heavy atom. The maximum atomic E-state index is 13.9. The minimum atomic E-state index is -0.250. The molecule has 17 heavy (non-hydrogen) atoms. The highest BCUT2D eigenvalue weighted by Gasteiger charge is 2.27. The molecule has 0 saturated heterocycles. The molecule has 5 heteroatoms. The lowest BCUT2D eigenvalue weighted by atomic mass is 10.2. The van der Waals surface area contributed by atoms with Gasteiger partial charge < -0.3 is 4.90 Å². The number of fused-ring (bicyclic) bond motifs is 1. The summed E-state index contributed by atoms with van der Waals surface area (Å²) in [6, 6.07) is 4.98.